The first-order valence-corrected chi connectivity index (χ1v) is 5.24. The standard InChI is InChI=1S/C10H14BF3NO2.K/c1-8(3-4-16-2)17-10-5-9(6-15-7-10)11(12,13)14;/h5-8H,3-4H2,1-2H3;/q-1;+1. The van der Waals surface area contributed by atoms with Gasteiger partial charge in [-0.1, -0.05) is 5.46 Å². The van der Waals surface area contributed by atoms with Crippen molar-refractivity contribution in [2.24, 2.45) is 0 Å². The smallest absolute Gasteiger partial charge is 0.489 e. The molecule has 0 aromatic carbocycles. The van der Waals surface area contributed by atoms with Crippen LogP contribution in [0.3, 0.4) is 0 Å². The van der Waals surface area contributed by atoms with E-state index in [1.807, 2.05) is 0 Å². The molecule has 1 heterocycles. The van der Waals surface area contributed by atoms with Gasteiger partial charge in [-0.15, -0.1) is 0 Å². The van der Waals surface area contributed by atoms with Crippen molar-refractivity contribution >= 4 is 12.4 Å². The summed E-state index contributed by atoms with van der Waals surface area (Å²) in [5.41, 5.74) is -0.749. The van der Waals surface area contributed by atoms with E-state index in [4.69, 9.17) is 9.47 Å². The van der Waals surface area contributed by atoms with E-state index in [2.05, 4.69) is 4.98 Å². The van der Waals surface area contributed by atoms with E-state index < -0.39 is 12.4 Å². The van der Waals surface area contributed by atoms with Crippen molar-refractivity contribution in [3.8, 4) is 5.75 Å². The van der Waals surface area contributed by atoms with Crippen LogP contribution in [0.4, 0.5) is 12.9 Å². The van der Waals surface area contributed by atoms with E-state index >= 15 is 0 Å². The third-order valence-corrected chi connectivity index (χ3v) is 2.18. The monoisotopic (exact) mass is 287 g/mol. The maximum atomic E-state index is 12.5. The van der Waals surface area contributed by atoms with Crippen LogP contribution in [0.2, 0.25) is 0 Å². The van der Waals surface area contributed by atoms with Crippen LogP contribution in [0, 0.1) is 0 Å². The van der Waals surface area contributed by atoms with E-state index in [-0.39, 0.29) is 63.2 Å². The molecule has 3 nitrogen and oxygen atoms in total. The molecule has 0 N–H and O–H groups in total. The first kappa shape index (κ1) is 18.4. The third-order valence-electron chi connectivity index (χ3n) is 2.18. The normalized spacial score (nSPS) is 12.7. The topological polar surface area (TPSA) is 31.4 Å². The Morgan fingerprint density at radius 1 is 1.33 bits per heavy atom. The molecule has 0 aliphatic carbocycles. The quantitative estimate of drug-likeness (QED) is 0.625. The van der Waals surface area contributed by atoms with Gasteiger partial charge in [0.2, 0.25) is 0 Å². The Bertz CT molecular complexity index is 365. The Balaban J connectivity index is 0.00000289. The Hall–Kier alpha value is 0.401. The van der Waals surface area contributed by atoms with Gasteiger partial charge >= 0.3 is 58.4 Å². The summed E-state index contributed by atoms with van der Waals surface area (Å²) in [4.78, 5) is 3.52. The molecule has 0 bridgehead atoms. The van der Waals surface area contributed by atoms with E-state index in [0.29, 0.717) is 13.0 Å². The number of rotatable bonds is 6. The molecule has 96 valence electrons. The fourth-order valence-electron chi connectivity index (χ4n) is 1.25. The van der Waals surface area contributed by atoms with Crippen LogP contribution in [0.5, 0.6) is 5.75 Å². The molecule has 1 aromatic heterocycles. The number of halogens is 3. The Kier molecular flexibility index (Phi) is 8.74. The van der Waals surface area contributed by atoms with Crippen molar-refractivity contribution in [2.45, 2.75) is 19.4 Å². The minimum atomic E-state index is -5.03. The summed E-state index contributed by atoms with van der Waals surface area (Å²) in [7, 11) is 1.56. The van der Waals surface area contributed by atoms with Crippen LogP contribution in [0.25, 0.3) is 0 Å². The van der Waals surface area contributed by atoms with Gasteiger partial charge in [0.25, 0.3) is 0 Å². The Labute approximate surface area is 147 Å². The number of nitrogens with zero attached hydrogens (tertiary/aromatic N) is 1. The maximum absolute atomic E-state index is 12.5. The summed E-state index contributed by atoms with van der Waals surface area (Å²) >= 11 is 0. The predicted molar refractivity (Wildman–Crippen MR) is 59.5 cm³/mol. The summed E-state index contributed by atoms with van der Waals surface area (Å²) in [5, 5.41) is 0. The number of hydrogen-bond acceptors (Lipinski definition) is 3. The minimum absolute atomic E-state index is 0. The molecule has 0 saturated heterocycles. The number of hydrogen-bond donors (Lipinski definition) is 0. The summed E-state index contributed by atoms with van der Waals surface area (Å²) in [6.07, 6.45) is 2.46. The molecule has 1 unspecified atom stereocenters. The first-order valence-electron chi connectivity index (χ1n) is 5.24. The molecular formula is C10H14BF3KNO2. The largest absolute Gasteiger partial charge is 1.00 e. The second kappa shape index (κ2) is 8.55. The van der Waals surface area contributed by atoms with Crippen molar-refractivity contribution in [3.05, 3.63) is 18.5 Å². The van der Waals surface area contributed by atoms with E-state index in [1.54, 1.807) is 14.0 Å². The maximum Gasteiger partial charge on any atom is 1.00 e. The van der Waals surface area contributed by atoms with Crippen molar-refractivity contribution in [2.75, 3.05) is 13.7 Å². The van der Waals surface area contributed by atoms with Crippen molar-refractivity contribution < 1.29 is 73.8 Å². The van der Waals surface area contributed by atoms with Crippen molar-refractivity contribution in [1.29, 1.82) is 0 Å². The van der Waals surface area contributed by atoms with Gasteiger partial charge in [0.1, 0.15) is 5.75 Å². The SMILES string of the molecule is COCCC(C)Oc1cncc([B-](F)(F)F)c1.[K+]. The van der Waals surface area contributed by atoms with Gasteiger partial charge < -0.3 is 22.4 Å². The van der Waals surface area contributed by atoms with Crippen LogP contribution in [-0.4, -0.2) is 31.8 Å². The van der Waals surface area contributed by atoms with Gasteiger partial charge in [0.05, 0.1) is 12.3 Å². The average Bonchev–Trinajstić information content (AvgIpc) is 2.25. The Morgan fingerprint density at radius 2 is 2.00 bits per heavy atom. The molecule has 0 fully saturated rings. The first-order chi connectivity index (χ1) is 7.93. The molecule has 0 aliphatic heterocycles. The van der Waals surface area contributed by atoms with E-state index in [1.165, 1.54) is 6.20 Å². The summed E-state index contributed by atoms with van der Waals surface area (Å²) in [6.45, 7) is -2.77. The molecule has 0 aliphatic rings. The van der Waals surface area contributed by atoms with Crippen LogP contribution in [0.1, 0.15) is 13.3 Å². The van der Waals surface area contributed by atoms with Crippen LogP contribution < -0.4 is 61.6 Å². The predicted octanol–water partition coefficient (Wildman–Crippen LogP) is -1.06. The Morgan fingerprint density at radius 3 is 2.56 bits per heavy atom. The van der Waals surface area contributed by atoms with Gasteiger partial charge in [-0.2, -0.15) is 0 Å². The zero-order chi connectivity index (χ0) is 12.9. The number of ether oxygens (including phenoxy) is 2. The second-order valence-electron chi connectivity index (χ2n) is 3.74. The molecule has 18 heavy (non-hydrogen) atoms. The average molecular weight is 287 g/mol. The zero-order valence-corrected chi connectivity index (χ0v) is 13.8. The van der Waals surface area contributed by atoms with E-state index in [0.717, 1.165) is 12.3 Å². The fourth-order valence-corrected chi connectivity index (χ4v) is 1.25. The molecule has 1 atom stereocenters. The van der Waals surface area contributed by atoms with E-state index in [9.17, 15) is 12.9 Å². The zero-order valence-electron chi connectivity index (χ0n) is 10.7. The third kappa shape index (κ3) is 6.53. The van der Waals surface area contributed by atoms with Crippen LogP contribution in [-0.2, 0) is 4.74 Å². The molecule has 1 rings (SSSR count). The molecule has 8 heteroatoms. The number of methoxy groups -OCH3 is 1. The van der Waals surface area contributed by atoms with Gasteiger partial charge in [-0.25, -0.2) is 0 Å². The second-order valence-corrected chi connectivity index (χ2v) is 3.74. The number of aromatic nitrogens is 1. The van der Waals surface area contributed by atoms with Crippen molar-refractivity contribution in [3.63, 3.8) is 0 Å². The van der Waals surface area contributed by atoms with Gasteiger partial charge in [0, 0.05) is 26.3 Å². The van der Waals surface area contributed by atoms with Gasteiger partial charge in [0.15, 0.2) is 0 Å². The molecule has 0 radical (unpaired) electrons. The summed E-state index contributed by atoms with van der Waals surface area (Å²) < 4.78 is 47.5. The van der Waals surface area contributed by atoms with Gasteiger partial charge in [-0.3, -0.25) is 4.98 Å². The minimum Gasteiger partial charge on any atom is -0.489 e. The summed E-state index contributed by atoms with van der Waals surface area (Å²) in [5.74, 6) is 0.130. The molecular weight excluding hydrogens is 273 g/mol. The molecule has 0 amide bonds. The van der Waals surface area contributed by atoms with Crippen LogP contribution >= 0.6 is 0 Å². The number of pyridine rings is 1. The fraction of sp³-hybridized carbons (Fsp3) is 0.500. The molecule has 0 saturated carbocycles. The summed E-state index contributed by atoms with van der Waals surface area (Å²) in [6, 6.07) is 0.969. The van der Waals surface area contributed by atoms with Crippen LogP contribution in [0.15, 0.2) is 18.5 Å². The molecule has 0 spiro atoms. The van der Waals surface area contributed by atoms with Crippen molar-refractivity contribution in [1.82, 2.24) is 4.98 Å². The molecule has 1 aromatic rings. The van der Waals surface area contributed by atoms with Gasteiger partial charge in [-0.05, 0) is 13.0 Å².